The fraction of sp³-hybridized carbons (Fsp3) is 0.661. The van der Waals surface area contributed by atoms with E-state index in [1.807, 2.05) is 12.2 Å². The zero-order valence-corrected chi connectivity index (χ0v) is 44.1. The third-order valence-electron chi connectivity index (χ3n) is 11.5. The Kier molecular flexibility index (Phi) is 52.4. The quantitative estimate of drug-likeness (QED) is 0.0262. The highest BCUT2D eigenvalue weighted by Crippen LogP contribution is 2.14. The second-order valence-electron chi connectivity index (χ2n) is 18.1. The van der Waals surface area contributed by atoms with E-state index in [2.05, 4.69) is 118 Å². The molecule has 0 heterocycles. The number of allylic oxidation sites excluding steroid dienone is 18. The second-order valence-corrected chi connectivity index (χ2v) is 18.1. The highest BCUT2D eigenvalue weighted by molar-refractivity contribution is 5.71. The number of hydrogen-bond donors (Lipinski definition) is 0. The normalized spacial score (nSPS) is 12.9. The number of ether oxygens (including phenoxy) is 3. The van der Waals surface area contributed by atoms with E-state index < -0.39 is 6.10 Å². The summed E-state index contributed by atoms with van der Waals surface area (Å²) in [5.74, 6) is -1.06. The molecule has 68 heavy (non-hydrogen) atoms. The van der Waals surface area contributed by atoms with E-state index in [0.29, 0.717) is 19.3 Å². The summed E-state index contributed by atoms with van der Waals surface area (Å²) in [5, 5.41) is 0. The van der Waals surface area contributed by atoms with Crippen molar-refractivity contribution in [2.24, 2.45) is 0 Å². The van der Waals surface area contributed by atoms with E-state index in [9.17, 15) is 14.4 Å². The first-order valence-corrected chi connectivity index (χ1v) is 27.9. The van der Waals surface area contributed by atoms with Gasteiger partial charge < -0.3 is 14.2 Å². The average Bonchev–Trinajstić information content (AvgIpc) is 3.34. The summed E-state index contributed by atoms with van der Waals surface area (Å²) in [7, 11) is 0. The van der Waals surface area contributed by atoms with Crippen LogP contribution in [-0.2, 0) is 28.6 Å². The SMILES string of the molecule is CC/C=C\C/C=C\C/C=C\C/C=C\C/C=C\C/C=C\CCC(=O)OCC(COC(=O)CCCCCCCCCCCCCCCC)OC(=O)CCC/C=C\C/C=C\C/C=C\CCCCCCCC. The molecule has 386 valence electrons. The van der Waals surface area contributed by atoms with Crippen molar-refractivity contribution in [2.75, 3.05) is 13.2 Å². The van der Waals surface area contributed by atoms with Crippen LogP contribution in [0.1, 0.15) is 245 Å². The number of unbranched alkanes of at least 4 members (excludes halogenated alkanes) is 20. The Morgan fingerprint density at radius 2 is 0.618 bits per heavy atom. The summed E-state index contributed by atoms with van der Waals surface area (Å²) < 4.78 is 16.7. The predicted octanol–water partition coefficient (Wildman–Crippen LogP) is 18.7. The van der Waals surface area contributed by atoms with Crippen LogP contribution in [0.4, 0.5) is 0 Å². The maximum absolute atomic E-state index is 12.8. The largest absolute Gasteiger partial charge is 0.462 e. The Hall–Kier alpha value is -3.93. The minimum absolute atomic E-state index is 0.121. The molecule has 0 aromatic heterocycles. The van der Waals surface area contributed by atoms with Crippen molar-refractivity contribution in [1.29, 1.82) is 0 Å². The Balaban J connectivity index is 4.58. The molecule has 0 saturated carbocycles. The Labute approximate surface area is 419 Å². The summed E-state index contributed by atoms with van der Waals surface area (Å²) in [5.41, 5.74) is 0. The lowest BCUT2D eigenvalue weighted by atomic mass is 10.0. The fourth-order valence-electron chi connectivity index (χ4n) is 7.37. The van der Waals surface area contributed by atoms with Crippen LogP contribution in [0.15, 0.2) is 109 Å². The first kappa shape index (κ1) is 64.1. The summed E-state index contributed by atoms with van der Waals surface area (Å²) >= 11 is 0. The smallest absolute Gasteiger partial charge is 0.306 e. The summed E-state index contributed by atoms with van der Waals surface area (Å²) in [6.45, 7) is 6.41. The molecule has 0 N–H and O–H groups in total. The average molecular weight is 943 g/mol. The van der Waals surface area contributed by atoms with Crippen LogP contribution in [0.3, 0.4) is 0 Å². The van der Waals surface area contributed by atoms with Gasteiger partial charge in [-0.1, -0.05) is 246 Å². The van der Waals surface area contributed by atoms with E-state index in [1.54, 1.807) is 0 Å². The molecule has 0 rings (SSSR count). The summed E-state index contributed by atoms with van der Waals surface area (Å²) in [6.07, 6.45) is 75.2. The van der Waals surface area contributed by atoms with Crippen molar-refractivity contribution in [2.45, 2.75) is 252 Å². The fourth-order valence-corrected chi connectivity index (χ4v) is 7.37. The zero-order valence-electron chi connectivity index (χ0n) is 44.1. The van der Waals surface area contributed by atoms with Crippen LogP contribution in [0.25, 0.3) is 0 Å². The summed E-state index contributed by atoms with van der Waals surface area (Å²) in [6, 6.07) is 0. The zero-order chi connectivity index (χ0) is 49.3. The van der Waals surface area contributed by atoms with E-state index >= 15 is 0 Å². The third-order valence-corrected chi connectivity index (χ3v) is 11.5. The molecule has 0 radical (unpaired) electrons. The third kappa shape index (κ3) is 53.0. The first-order chi connectivity index (χ1) is 33.5. The second kappa shape index (κ2) is 55.7. The van der Waals surface area contributed by atoms with Crippen molar-refractivity contribution >= 4 is 17.9 Å². The van der Waals surface area contributed by atoms with Gasteiger partial charge in [-0.05, 0) is 89.9 Å². The van der Waals surface area contributed by atoms with Crippen LogP contribution >= 0.6 is 0 Å². The standard InChI is InChI=1S/C62H102O6/c1-4-7-10-13-16-19-22-25-28-30-31-33-34-37-40-43-46-49-52-55-61(64)67-58-59(57-66-60(63)54-51-48-45-42-39-36-27-24-21-18-15-12-9-6-3)68-62(65)56-53-50-47-44-41-38-35-32-29-26-23-20-17-14-11-8-5-2/h7,10,16,19,25-26,28-29,31,33,35,37-38,40,44,46-47,49,59H,4-6,8-9,11-15,17-18,20-24,27,30,32,34,36,39,41-43,45,48,50-58H2,1-3H3/b10-7-,19-16-,28-25-,29-26-,33-31-,38-35-,40-37-,47-44-,49-46-. The number of esters is 3. The lowest BCUT2D eigenvalue weighted by molar-refractivity contribution is -0.166. The van der Waals surface area contributed by atoms with Crippen LogP contribution in [0, 0.1) is 0 Å². The van der Waals surface area contributed by atoms with Gasteiger partial charge in [0.15, 0.2) is 6.10 Å². The molecule has 0 aliphatic rings. The highest BCUT2D eigenvalue weighted by Gasteiger charge is 2.19. The van der Waals surface area contributed by atoms with Gasteiger partial charge in [-0.3, -0.25) is 14.4 Å². The van der Waals surface area contributed by atoms with Gasteiger partial charge in [0.2, 0.25) is 0 Å². The molecule has 1 unspecified atom stereocenters. The molecule has 6 nitrogen and oxygen atoms in total. The lowest BCUT2D eigenvalue weighted by Crippen LogP contribution is -2.30. The molecule has 0 amide bonds. The van der Waals surface area contributed by atoms with Gasteiger partial charge in [-0.25, -0.2) is 0 Å². The van der Waals surface area contributed by atoms with Gasteiger partial charge in [0.25, 0.3) is 0 Å². The van der Waals surface area contributed by atoms with Crippen molar-refractivity contribution < 1.29 is 28.6 Å². The van der Waals surface area contributed by atoms with Crippen LogP contribution in [0.2, 0.25) is 0 Å². The molecular formula is C62H102O6. The number of carbonyl (C=O) groups excluding carboxylic acids is 3. The highest BCUT2D eigenvalue weighted by atomic mass is 16.6. The number of rotatable bonds is 49. The Morgan fingerprint density at radius 3 is 1.03 bits per heavy atom. The molecule has 0 aliphatic carbocycles. The van der Waals surface area contributed by atoms with E-state index in [4.69, 9.17) is 14.2 Å². The topological polar surface area (TPSA) is 78.9 Å². The van der Waals surface area contributed by atoms with E-state index in [-0.39, 0.29) is 44.0 Å². The first-order valence-electron chi connectivity index (χ1n) is 27.9. The monoisotopic (exact) mass is 943 g/mol. The van der Waals surface area contributed by atoms with Gasteiger partial charge in [0, 0.05) is 19.3 Å². The molecular weight excluding hydrogens is 841 g/mol. The Morgan fingerprint density at radius 1 is 0.309 bits per heavy atom. The molecule has 0 aromatic rings. The molecule has 0 aromatic carbocycles. The van der Waals surface area contributed by atoms with Gasteiger partial charge >= 0.3 is 17.9 Å². The van der Waals surface area contributed by atoms with Crippen LogP contribution in [-0.4, -0.2) is 37.2 Å². The molecule has 0 saturated heterocycles. The van der Waals surface area contributed by atoms with Gasteiger partial charge in [0.05, 0.1) is 0 Å². The van der Waals surface area contributed by atoms with E-state index in [0.717, 1.165) is 77.0 Å². The van der Waals surface area contributed by atoms with Crippen molar-refractivity contribution in [3.8, 4) is 0 Å². The molecule has 0 bridgehead atoms. The lowest BCUT2D eigenvalue weighted by Gasteiger charge is -2.18. The number of carbonyl (C=O) groups is 3. The maximum atomic E-state index is 12.8. The predicted molar refractivity (Wildman–Crippen MR) is 293 cm³/mol. The molecule has 0 spiro atoms. The van der Waals surface area contributed by atoms with Gasteiger partial charge in [-0.15, -0.1) is 0 Å². The van der Waals surface area contributed by atoms with Crippen molar-refractivity contribution in [3.05, 3.63) is 109 Å². The van der Waals surface area contributed by atoms with Gasteiger partial charge in [0.1, 0.15) is 13.2 Å². The van der Waals surface area contributed by atoms with Crippen molar-refractivity contribution in [3.63, 3.8) is 0 Å². The maximum Gasteiger partial charge on any atom is 0.306 e. The molecule has 0 aliphatic heterocycles. The van der Waals surface area contributed by atoms with Crippen LogP contribution < -0.4 is 0 Å². The van der Waals surface area contributed by atoms with Crippen LogP contribution in [0.5, 0.6) is 0 Å². The van der Waals surface area contributed by atoms with Gasteiger partial charge in [-0.2, -0.15) is 0 Å². The number of hydrogen-bond acceptors (Lipinski definition) is 6. The molecule has 0 fully saturated rings. The molecule has 6 heteroatoms. The van der Waals surface area contributed by atoms with Crippen molar-refractivity contribution in [1.82, 2.24) is 0 Å². The Bertz CT molecular complexity index is 1410. The minimum Gasteiger partial charge on any atom is -0.462 e. The minimum atomic E-state index is -0.835. The summed E-state index contributed by atoms with van der Waals surface area (Å²) in [4.78, 5) is 38.0. The van der Waals surface area contributed by atoms with E-state index in [1.165, 1.54) is 116 Å². The molecule has 1 atom stereocenters.